The highest BCUT2D eigenvalue weighted by Crippen LogP contribution is 2.03. The SMILES string of the molecule is CCCCCCCNCCCn1nc(C)cc1C. The predicted octanol–water partition coefficient (Wildman–Crippen LogP) is 3.45. The summed E-state index contributed by atoms with van der Waals surface area (Å²) in [6.07, 6.45) is 7.97. The molecule has 1 aromatic heterocycles. The first-order valence-electron chi connectivity index (χ1n) is 7.46. The molecule has 3 nitrogen and oxygen atoms in total. The van der Waals surface area contributed by atoms with Crippen molar-refractivity contribution in [2.45, 2.75) is 65.8 Å². The van der Waals surface area contributed by atoms with Crippen LogP contribution in [-0.4, -0.2) is 22.9 Å². The van der Waals surface area contributed by atoms with Crippen LogP contribution in [0.5, 0.6) is 0 Å². The van der Waals surface area contributed by atoms with Crippen molar-refractivity contribution in [3.05, 3.63) is 17.5 Å². The molecule has 18 heavy (non-hydrogen) atoms. The maximum Gasteiger partial charge on any atom is 0.0596 e. The topological polar surface area (TPSA) is 29.9 Å². The Balaban J connectivity index is 1.94. The van der Waals surface area contributed by atoms with Crippen LogP contribution in [0.1, 0.15) is 56.8 Å². The van der Waals surface area contributed by atoms with Gasteiger partial charge in [0.25, 0.3) is 0 Å². The molecule has 0 saturated carbocycles. The first-order valence-corrected chi connectivity index (χ1v) is 7.46. The van der Waals surface area contributed by atoms with Crippen molar-refractivity contribution < 1.29 is 0 Å². The summed E-state index contributed by atoms with van der Waals surface area (Å²) in [5.41, 5.74) is 2.39. The first kappa shape index (κ1) is 15.2. The van der Waals surface area contributed by atoms with Crippen LogP contribution in [0, 0.1) is 13.8 Å². The molecule has 0 unspecified atom stereocenters. The lowest BCUT2D eigenvalue weighted by Gasteiger charge is -2.06. The quantitative estimate of drug-likeness (QED) is 0.645. The summed E-state index contributed by atoms with van der Waals surface area (Å²) in [6.45, 7) is 9.74. The molecule has 0 saturated heterocycles. The fourth-order valence-corrected chi connectivity index (χ4v) is 2.23. The van der Waals surface area contributed by atoms with Crippen molar-refractivity contribution in [3.63, 3.8) is 0 Å². The van der Waals surface area contributed by atoms with Gasteiger partial charge in [-0.1, -0.05) is 32.6 Å². The van der Waals surface area contributed by atoms with Gasteiger partial charge in [0.2, 0.25) is 0 Å². The molecule has 0 amide bonds. The molecule has 0 aromatic carbocycles. The minimum atomic E-state index is 1.03. The van der Waals surface area contributed by atoms with Crippen LogP contribution in [0.4, 0.5) is 0 Å². The molecule has 1 aromatic rings. The number of aromatic nitrogens is 2. The van der Waals surface area contributed by atoms with E-state index in [0.29, 0.717) is 0 Å². The fraction of sp³-hybridized carbons (Fsp3) is 0.800. The third-order valence-electron chi connectivity index (χ3n) is 3.28. The molecule has 0 fully saturated rings. The Morgan fingerprint density at radius 2 is 1.78 bits per heavy atom. The van der Waals surface area contributed by atoms with Crippen LogP contribution < -0.4 is 5.32 Å². The molecular weight excluding hydrogens is 222 g/mol. The lowest BCUT2D eigenvalue weighted by atomic mass is 10.1. The van der Waals surface area contributed by atoms with Gasteiger partial charge in [-0.2, -0.15) is 5.10 Å². The molecule has 1 heterocycles. The van der Waals surface area contributed by atoms with Crippen LogP contribution in [0.25, 0.3) is 0 Å². The van der Waals surface area contributed by atoms with Crippen LogP contribution in [0.3, 0.4) is 0 Å². The minimum Gasteiger partial charge on any atom is -0.317 e. The van der Waals surface area contributed by atoms with Crippen LogP contribution >= 0.6 is 0 Å². The molecule has 0 aliphatic rings. The Morgan fingerprint density at radius 1 is 1.06 bits per heavy atom. The summed E-state index contributed by atoms with van der Waals surface area (Å²) < 4.78 is 2.11. The summed E-state index contributed by atoms with van der Waals surface area (Å²) in [7, 11) is 0. The Kier molecular flexibility index (Phi) is 7.74. The number of hydrogen-bond acceptors (Lipinski definition) is 2. The lowest BCUT2D eigenvalue weighted by molar-refractivity contribution is 0.519. The summed E-state index contributed by atoms with van der Waals surface area (Å²) >= 11 is 0. The molecule has 0 aliphatic carbocycles. The lowest BCUT2D eigenvalue weighted by Crippen LogP contribution is -2.18. The van der Waals surface area contributed by atoms with Crippen molar-refractivity contribution in [1.29, 1.82) is 0 Å². The van der Waals surface area contributed by atoms with Crippen molar-refractivity contribution in [2.24, 2.45) is 0 Å². The van der Waals surface area contributed by atoms with Gasteiger partial charge in [0.1, 0.15) is 0 Å². The highest BCUT2D eigenvalue weighted by molar-refractivity contribution is 5.06. The van der Waals surface area contributed by atoms with Gasteiger partial charge < -0.3 is 5.32 Å². The van der Waals surface area contributed by atoms with Gasteiger partial charge in [-0.05, 0) is 45.8 Å². The second kappa shape index (κ2) is 9.15. The van der Waals surface area contributed by atoms with E-state index in [1.807, 2.05) is 0 Å². The van der Waals surface area contributed by atoms with Gasteiger partial charge in [-0.3, -0.25) is 4.68 Å². The van der Waals surface area contributed by atoms with Crippen molar-refractivity contribution >= 4 is 0 Å². The van der Waals surface area contributed by atoms with E-state index in [9.17, 15) is 0 Å². The molecule has 3 heteroatoms. The zero-order valence-corrected chi connectivity index (χ0v) is 12.3. The van der Waals surface area contributed by atoms with Crippen molar-refractivity contribution in [1.82, 2.24) is 15.1 Å². The Bertz CT molecular complexity index is 318. The second-order valence-corrected chi connectivity index (χ2v) is 5.17. The molecule has 0 aliphatic heterocycles. The zero-order valence-electron chi connectivity index (χ0n) is 12.3. The van der Waals surface area contributed by atoms with Gasteiger partial charge in [0, 0.05) is 12.2 Å². The summed E-state index contributed by atoms with van der Waals surface area (Å²) in [5, 5.41) is 7.98. The van der Waals surface area contributed by atoms with Crippen LogP contribution in [0.2, 0.25) is 0 Å². The van der Waals surface area contributed by atoms with E-state index in [1.54, 1.807) is 0 Å². The molecule has 0 atom stereocenters. The summed E-state index contributed by atoms with van der Waals surface area (Å²) in [5.74, 6) is 0. The van der Waals surface area contributed by atoms with Crippen LogP contribution in [0.15, 0.2) is 6.07 Å². The standard InChI is InChI=1S/C15H29N3/c1-4-5-6-7-8-10-16-11-9-12-18-15(3)13-14(2)17-18/h13,16H,4-12H2,1-3H3. The second-order valence-electron chi connectivity index (χ2n) is 5.17. The number of nitrogens with one attached hydrogen (secondary N) is 1. The summed E-state index contributed by atoms with van der Waals surface area (Å²) in [4.78, 5) is 0. The highest BCUT2D eigenvalue weighted by atomic mass is 15.3. The van der Waals surface area contributed by atoms with E-state index in [-0.39, 0.29) is 0 Å². The number of nitrogens with zero attached hydrogens (tertiary/aromatic N) is 2. The Labute approximate surface area is 112 Å². The minimum absolute atomic E-state index is 1.03. The maximum absolute atomic E-state index is 4.47. The predicted molar refractivity (Wildman–Crippen MR) is 77.9 cm³/mol. The van der Waals surface area contributed by atoms with Gasteiger partial charge in [0.15, 0.2) is 0 Å². The Hall–Kier alpha value is -0.830. The van der Waals surface area contributed by atoms with E-state index >= 15 is 0 Å². The molecule has 1 N–H and O–H groups in total. The van der Waals surface area contributed by atoms with Gasteiger partial charge >= 0.3 is 0 Å². The van der Waals surface area contributed by atoms with E-state index in [0.717, 1.165) is 25.2 Å². The fourth-order valence-electron chi connectivity index (χ4n) is 2.23. The number of hydrogen-bond donors (Lipinski definition) is 1. The van der Waals surface area contributed by atoms with Crippen molar-refractivity contribution in [2.75, 3.05) is 13.1 Å². The van der Waals surface area contributed by atoms with Gasteiger partial charge in [-0.25, -0.2) is 0 Å². The monoisotopic (exact) mass is 251 g/mol. The third kappa shape index (κ3) is 6.20. The zero-order chi connectivity index (χ0) is 13.2. The number of unbranched alkanes of at least 4 members (excludes halogenated alkanes) is 4. The third-order valence-corrected chi connectivity index (χ3v) is 3.28. The molecule has 0 bridgehead atoms. The molecule has 104 valence electrons. The smallest absolute Gasteiger partial charge is 0.0596 e. The maximum atomic E-state index is 4.47. The van der Waals surface area contributed by atoms with E-state index in [2.05, 4.69) is 41.9 Å². The molecule has 0 radical (unpaired) electrons. The molecule has 0 spiro atoms. The van der Waals surface area contributed by atoms with E-state index in [4.69, 9.17) is 0 Å². The first-order chi connectivity index (χ1) is 8.74. The van der Waals surface area contributed by atoms with Crippen LogP contribution in [-0.2, 0) is 6.54 Å². The average Bonchev–Trinajstić information content (AvgIpc) is 2.66. The number of aryl methyl sites for hydroxylation is 3. The average molecular weight is 251 g/mol. The van der Waals surface area contributed by atoms with Gasteiger partial charge in [-0.15, -0.1) is 0 Å². The number of rotatable bonds is 10. The molecular formula is C15H29N3. The van der Waals surface area contributed by atoms with Gasteiger partial charge in [0.05, 0.1) is 5.69 Å². The summed E-state index contributed by atoms with van der Waals surface area (Å²) in [6, 6.07) is 2.14. The molecule has 1 rings (SSSR count). The van der Waals surface area contributed by atoms with E-state index in [1.165, 1.54) is 44.3 Å². The largest absolute Gasteiger partial charge is 0.317 e. The highest BCUT2D eigenvalue weighted by Gasteiger charge is 1.99. The van der Waals surface area contributed by atoms with E-state index < -0.39 is 0 Å². The van der Waals surface area contributed by atoms with Crippen molar-refractivity contribution in [3.8, 4) is 0 Å². The Morgan fingerprint density at radius 3 is 2.44 bits per heavy atom. The normalized spacial score (nSPS) is 11.1.